The number of hydrogen-bond donors (Lipinski definition) is 2. The standard InChI is InChI=1S/C16H21N3OS/c1-2-19(13-4-5-13)8-7-18-16(20)15-10-11-9-12(17)3-6-14(11)21-15/h3,6,9-10,13H,2,4-5,7-8,17H2,1H3,(H,18,20). The number of nitrogens with two attached hydrogens (primary N) is 1. The average Bonchev–Trinajstić information content (AvgIpc) is 3.22. The van der Waals surface area contributed by atoms with Gasteiger partial charge in [0.05, 0.1) is 4.88 Å². The summed E-state index contributed by atoms with van der Waals surface area (Å²) in [5.41, 5.74) is 6.50. The minimum Gasteiger partial charge on any atom is -0.399 e. The summed E-state index contributed by atoms with van der Waals surface area (Å²) in [7, 11) is 0. The lowest BCUT2D eigenvalue weighted by atomic mass is 10.2. The Morgan fingerprint density at radius 3 is 2.95 bits per heavy atom. The van der Waals surface area contributed by atoms with E-state index in [-0.39, 0.29) is 5.91 Å². The predicted octanol–water partition coefficient (Wildman–Crippen LogP) is 2.70. The van der Waals surface area contributed by atoms with Crippen LogP contribution in [-0.2, 0) is 0 Å². The molecule has 2 aromatic rings. The molecular weight excluding hydrogens is 282 g/mol. The highest BCUT2D eigenvalue weighted by Gasteiger charge is 2.27. The molecule has 1 aliphatic rings. The number of nitrogens with zero attached hydrogens (tertiary/aromatic N) is 1. The van der Waals surface area contributed by atoms with Crippen molar-refractivity contribution in [2.75, 3.05) is 25.4 Å². The van der Waals surface area contributed by atoms with Crippen molar-refractivity contribution >= 4 is 33.0 Å². The fourth-order valence-electron chi connectivity index (χ4n) is 2.61. The van der Waals surface area contributed by atoms with E-state index in [1.165, 1.54) is 24.2 Å². The van der Waals surface area contributed by atoms with Crippen molar-refractivity contribution in [1.82, 2.24) is 10.2 Å². The van der Waals surface area contributed by atoms with Crippen molar-refractivity contribution in [3.05, 3.63) is 29.1 Å². The lowest BCUT2D eigenvalue weighted by Crippen LogP contribution is -2.35. The topological polar surface area (TPSA) is 58.4 Å². The predicted molar refractivity (Wildman–Crippen MR) is 88.8 cm³/mol. The van der Waals surface area contributed by atoms with Crippen molar-refractivity contribution in [1.29, 1.82) is 0 Å². The van der Waals surface area contributed by atoms with Crippen molar-refractivity contribution in [2.45, 2.75) is 25.8 Å². The minimum atomic E-state index is 0.0154. The largest absolute Gasteiger partial charge is 0.399 e. The molecule has 3 rings (SSSR count). The highest BCUT2D eigenvalue weighted by Crippen LogP contribution is 2.27. The number of likely N-dealkylation sites (N-methyl/N-ethyl adjacent to an activating group) is 1. The van der Waals surface area contributed by atoms with Gasteiger partial charge < -0.3 is 11.1 Å². The van der Waals surface area contributed by atoms with Gasteiger partial charge in [-0.1, -0.05) is 6.92 Å². The van der Waals surface area contributed by atoms with Gasteiger partial charge in [0.1, 0.15) is 0 Å². The molecule has 0 unspecified atom stereocenters. The van der Waals surface area contributed by atoms with Gasteiger partial charge in [0.2, 0.25) is 0 Å². The highest BCUT2D eigenvalue weighted by atomic mass is 32.1. The molecule has 0 spiro atoms. The number of amides is 1. The maximum atomic E-state index is 12.2. The molecule has 0 atom stereocenters. The van der Waals surface area contributed by atoms with Crippen LogP contribution in [0.5, 0.6) is 0 Å². The number of carbonyl (C=O) groups excluding carboxylic acids is 1. The summed E-state index contributed by atoms with van der Waals surface area (Å²) in [6, 6.07) is 8.42. The second-order valence-electron chi connectivity index (χ2n) is 5.52. The zero-order valence-electron chi connectivity index (χ0n) is 12.3. The Balaban J connectivity index is 1.58. The fourth-order valence-corrected chi connectivity index (χ4v) is 3.57. The quantitative estimate of drug-likeness (QED) is 0.807. The number of nitrogen functional groups attached to an aromatic ring is 1. The zero-order chi connectivity index (χ0) is 14.8. The number of carbonyl (C=O) groups is 1. The molecule has 1 aliphatic carbocycles. The molecule has 1 saturated carbocycles. The van der Waals surface area contributed by atoms with Crippen LogP contribution in [0.2, 0.25) is 0 Å². The van der Waals surface area contributed by atoms with E-state index < -0.39 is 0 Å². The summed E-state index contributed by atoms with van der Waals surface area (Å²) in [5.74, 6) is 0.0154. The molecule has 0 saturated heterocycles. The van der Waals surface area contributed by atoms with Gasteiger partial charge in [0.25, 0.3) is 5.91 Å². The lowest BCUT2D eigenvalue weighted by molar-refractivity contribution is 0.0952. The number of fused-ring (bicyclic) bond motifs is 1. The summed E-state index contributed by atoms with van der Waals surface area (Å²) < 4.78 is 1.10. The van der Waals surface area contributed by atoms with Crippen molar-refractivity contribution in [3.63, 3.8) is 0 Å². The highest BCUT2D eigenvalue weighted by molar-refractivity contribution is 7.20. The van der Waals surface area contributed by atoms with Crippen LogP contribution in [-0.4, -0.2) is 36.5 Å². The van der Waals surface area contributed by atoms with Crippen molar-refractivity contribution < 1.29 is 4.79 Å². The van der Waals surface area contributed by atoms with Crippen LogP contribution in [0.4, 0.5) is 5.69 Å². The molecule has 21 heavy (non-hydrogen) atoms. The van der Waals surface area contributed by atoms with Gasteiger partial charge in [-0.2, -0.15) is 0 Å². The van der Waals surface area contributed by atoms with Crippen LogP contribution >= 0.6 is 11.3 Å². The molecule has 0 bridgehead atoms. The van der Waals surface area contributed by atoms with E-state index in [2.05, 4.69) is 17.1 Å². The third kappa shape index (κ3) is 3.36. The van der Waals surface area contributed by atoms with Gasteiger partial charge in [-0.3, -0.25) is 9.69 Å². The molecule has 1 heterocycles. The Hall–Kier alpha value is -1.59. The third-order valence-corrected chi connectivity index (χ3v) is 5.03. The van der Waals surface area contributed by atoms with Gasteiger partial charge in [-0.15, -0.1) is 11.3 Å². The number of benzene rings is 1. The van der Waals surface area contributed by atoms with Gasteiger partial charge in [-0.05, 0) is 49.0 Å². The van der Waals surface area contributed by atoms with Crippen LogP contribution in [0.3, 0.4) is 0 Å². The molecule has 1 fully saturated rings. The van der Waals surface area contributed by atoms with Gasteiger partial charge in [0.15, 0.2) is 0 Å². The molecule has 5 heteroatoms. The first kappa shape index (κ1) is 14.4. The van der Waals surface area contributed by atoms with Gasteiger partial charge in [0, 0.05) is 29.5 Å². The van der Waals surface area contributed by atoms with E-state index in [0.29, 0.717) is 6.54 Å². The SMILES string of the molecule is CCN(CCNC(=O)c1cc2cc(N)ccc2s1)C1CC1. The molecule has 0 radical (unpaired) electrons. The van der Waals surface area contributed by atoms with Crippen molar-refractivity contribution in [3.8, 4) is 0 Å². The van der Waals surface area contributed by atoms with E-state index in [1.807, 2.05) is 24.3 Å². The second kappa shape index (κ2) is 6.03. The third-order valence-electron chi connectivity index (χ3n) is 3.92. The van der Waals surface area contributed by atoms with Crippen LogP contribution in [0.25, 0.3) is 10.1 Å². The Morgan fingerprint density at radius 1 is 1.43 bits per heavy atom. The number of rotatable bonds is 6. The van der Waals surface area contributed by atoms with Crippen molar-refractivity contribution in [2.24, 2.45) is 0 Å². The monoisotopic (exact) mass is 303 g/mol. The summed E-state index contributed by atoms with van der Waals surface area (Å²) in [4.78, 5) is 15.4. The van der Waals surface area contributed by atoms with Crippen LogP contribution in [0.15, 0.2) is 24.3 Å². The molecular formula is C16H21N3OS. The normalized spacial score (nSPS) is 14.8. The fraction of sp³-hybridized carbons (Fsp3) is 0.438. The first-order valence-corrected chi connectivity index (χ1v) is 8.30. The Kier molecular flexibility index (Phi) is 4.12. The Morgan fingerprint density at radius 2 is 2.24 bits per heavy atom. The number of nitrogens with one attached hydrogen (secondary N) is 1. The first-order chi connectivity index (χ1) is 10.2. The average molecular weight is 303 g/mol. The molecule has 4 nitrogen and oxygen atoms in total. The molecule has 112 valence electrons. The molecule has 3 N–H and O–H groups in total. The number of thiophene rings is 1. The smallest absolute Gasteiger partial charge is 0.261 e. The first-order valence-electron chi connectivity index (χ1n) is 7.48. The maximum Gasteiger partial charge on any atom is 0.261 e. The summed E-state index contributed by atoms with van der Waals surface area (Å²) >= 11 is 1.52. The zero-order valence-corrected chi connectivity index (χ0v) is 13.1. The lowest BCUT2D eigenvalue weighted by Gasteiger charge is -2.19. The maximum absolute atomic E-state index is 12.2. The number of hydrogen-bond acceptors (Lipinski definition) is 4. The second-order valence-corrected chi connectivity index (χ2v) is 6.61. The van der Waals surface area contributed by atoms with Crippen LogP contribution in [0.1, 0.15) is 29.4 Å². The molecule has 1 aromatic heterocycles. The Labute approximate surface area is 128 Å². The van der Waals surface area contributed by atoms with E-state index in [0.717, 1.165) is 39.8 Å². The van der Waals surface area contributed by atoms with Gasteiger partial charge in [-0.25, -0.2) is 0 Å². The Bertz CT molecular complexity index is 648. The minimum absolute atomic E-state index is 0.0154. The molecule has 1 amide bonds. The summed E-state index contributed by atoms with van der Waals surface area (Å²) in [5, 5.41) is 4.06. The van der Waals surface area contributed by atoms with Crippen LogP contribution < -0.4 is 11.1 Å². The van der Waals surface area contributed by atoms with Gasteiger partial charge >= 0.3 is 0 Å². The number of anilines is 1. The summed E-state index contributed by atoms with van der Waals surface area (Å²) in [6.45, 7) is 4.88. The summed E-state index contributed by atoms with van der Waals surface area (Å²) in [6.07, 6.45) is 2.61. The van der Waals surface area contributed by atoms with E-state index >= 15 is 0 Å². The van der Waals surface area contributed by atoms with E-state index in [4.69, 9.17) is 5.73 Å². The molecule has 0 aliphatic heterocycles. The van der Waals surface area contributed by atoms with E-state index in [9.17, 15) is 4.79 Å². The van der Waals surface area contributed by atoms with E-state index in [1.54, 1.807) is 0 Å². The molecule has 1 aromatic carbocycles. The van der Waals surface area contributed by atoms with Crippen LogP contribution in [0, 0.1) is 0 Å².